The van der Waals surface area contributed by atoms with Crippen molar-refractivity contribution in [3.05, 3.63) is 65.2 Å². The lowest BCUT2D eigenvalue weighted by atomic mass is 10.2. The number of hydrogen-bond acceptors (Lipinski definition) is 8. The van der Waals surface area contributed by atoms with Crippen molar-refractivity contribution in [2.75, 3.05) is 12.9 Å². The first-order valence-corrected chi connectivity index (χ1v) is 11.5. The van der Waals surface area contributed by atoms with Gasteiger partial charge in [0.2, 0.25) is 0 Å². The molecule has 0 fully saturated rings. The summed E-state index contributed by atoms with van der Waals surface area (Å²) >= 11 is 4.49. The molecule has 0 atom stereocenters. The van der Waals surface area contributed by atoms with Gasteiger partial charge >= 0.3 is 0 Å². The molecule has 3 aromatic rings. The fourth-order valence-electron chi connectivity index (χ4n) is 2.20. The summed E-state index contributed by atoms with van der Waals surface area (Å²) in [5.41, 5.74) is 5.86. The number of hydrogen-bond donors (Lipinski definition) is 1. The highest BCUT2D eigenvalue weighted by atomic mass is 32.2. The van der Waals surface area contributed by atoms with Crippen LogP contribution in [0.15, 0.2) is 62.3 Å². The molecule has 0 unspecified atom stereocenters. The van der Waals surface area contributed by atoms with Gasteiger partial charge < -0.3 is 4.74 Å². The largest absolute Gasteiger partial charge is 0.497 e. The summed E-state index contributed by atoms with van der Waals surface area (Å²) in [7, 11) is 1.61. The molecule has 2 aromatic carbocycles. The molecule has 0 spiro atoms. The second kappa shape index (κ2) is 11.0. The van der Waals surface area contributed by atoms with Gasteiger partial charge in [0.15, 0.2) is 8.68 Å². The third-order valence-electron chi connectivity index (χ3n) is 3.69. The Balaban J connectivity index is 1.41. The zero-order chi connectivity index (χ0) is 20.5. The van der Waals surface area contributed by atoms with Crippen molar-refractivity contribution in [3.63, 3.8) is 0 Å². The van der Waals surface area contributed by atoms with Crippen LogP contribution in [0.5, 0.6) is 5.75 Å². The fraction of sp³-hybridized carbons (Fsp3) is 0.200. The highest BCUT2D eigenvalue weighted by molar-refractivity contribution is 8.03. The average Bonchev–Trinajstić information content (AvgIpc) is 3.20. The van der Waals surface area contributed by atoms with Crippen LogP contribution < -0.4 is 10.2 Å². The summed E-state index contributed by atoms with van der Waals surface area (Å²) in [4.78, 5) is 12.0. The summed E-state index contributed by atoms with van der Waals surface area (Å²) in [6, 6.07) is 15.9. The number of nitrogens with zero attached hydrogens (tertiary/aromatic N) is 3. The van der Waals surface area contributed by atoms with Crippen LogP contribution in [0, 0.1) is 6.92 Å². The molecule has 9 heteroatoms. The number of carbonyl (C=O) groups excluding carboxylic acids is 1. The molecule has 150 valence electrons. The van der Waals surface area contributed by atoms with Crippen molar-refractivity contribution in [2.45, 2.75) is 21.4 Å². The molecule has 1 amide bonds. The van der Waals surface area contributed by atoms with Crippen LogP contribution in [-0.2, 0) is 10.5 Å². The zero-order valence-electron chi connectivity index (χ0n) is 16.0. The number of rotatable bonds is 9. The summed E-state index contributed by atoms with van der Waals surface area (Å²) in [6.45, 7) is 2.07. The molecule has 29 heavy (non-hydrogen) atoms. The fourth-order valence-corrected chi connectivity index (χ4v) is 4.97. The number of methoxy groups -OCH3 is 1. The topological polar surface area (TPSA) is 76.5 Å². The van der Waals surface area contributed by atoms with Crippen molar-refractivity contribution in [1.29, 1.82) is 0 Å². The van der Waals surface area contributed by atoms with E-state index in [0.717, 1.165) is 25.7 Å². The number of aromatic nitrogens is 2. The molecule has 0 radical (unpaired) electrons. The number of thioether (sulfide) groups is 2. The summed E-state index contributed by atoms with van der Waals surface area (Å²) in [5.74, 6) is 1.62. The van der Waals surface area contributed by atoms with Crippen LogP contribution in [0.25, 0.3) is 0 Å². The lowest BCUT2D eigenvalue weighted by molar-refractivity contribution is -0.118. The highest BCUT2D eigenvalue weighted by Gasteiger charge is 2.08. The quantitative estimate of drug-likeness (QED) is 0.300. The summed E-state index contributed by atoms with van der Waals surface area (Å²) in [5, 5.41) is 12.3. The lowest BCUT2D eigenvalue weighted by Gasteiger charge is -2.00. The predicted molar refractivity (Wildman–Crippen MR) is 120 cm³/mol. The van der Waals surface area contributed by atoms with Gasteiger partial charge in [-0.05, 0) is 30.2 Å². The maximum absolute atomic E-state index is 12.0. The van der Waals surface area contributed by atoms with Crippen molar-refractivity contribution in [3.8, 4) is 5.75 Å². The highest BCUT2D eigenvalue weighted by Crippen LogP contribution is 2.30. The molecule has 0 aliphatic rings. The first-order valence-electron chi connectivity index (χ1n) is 8.73. The van der Waals surface area contributed by atoms with Crippen LogP contribution in [0.3, 0.4) is 0 Å². The van der Waals surface area contributed by atoms with E-state index in [4.69, 9.17) is 4.74 Å². The van der Waals surface area contributed by atoms with Crippen molar-refractivity contribution in [1.82, 2.24) is 15.6 Å². The Labute approximate surface area is 182 Å². The monoisotopic (exact) mass is 444 g/mol. The van der Waals surface area contributed by atoms with E-state index in [1.807, 2.05) is 24.3 Å². The van der Waals surface area contributed by atoms with Gasteiger partial charge in [-0.15, -0.1) is 10.2 Å². The van der Waals surface area contributed by atoms with Gasteiger partial charge in [0.05, 0.1) is 19.1 Å². The van der Waals surface area contributed by atoms with E-state index in [0.29, 0.717) is 0 Å². The molecule has 1 heterocycles. The van der Waals surface area contributed by atoms with Gasteiger partial charge in [-0.1, -0.05) is 76.8 Å². The molecule has 0 bridgehead atoms. The number of amides is 1. The van der Waals surface area contributed by atoms with E-state index < -0.39 is 0 Å². The Bertz CT molecular complexity index is 974. The van der Waals surface area contributed by atoms with Gasteiger partial charge in [-0.3, -0.25) is 4.79 Å². The summed E-state index contributed by atoms with van der Waals surface area (Å²) in [6.07, 6.45) is 1.58. The minimum atomic E-state index is -0.196. The molecule has 3 rings (SSSR count). The molecule has 6 nitrogen and oxygen atoms in total. The first-order chi connectivity index (χ1) is 14.1. The maximum atomic E-state index is 12.0. The minimum absolute atomic E-state index is 0.196. The Morgan fingerprint density at radius 1 is 1.17 bits per heavy atom. The van der Waals surface area contributed by atoms with E-state index in [1.165, 1.54) is 34.2 Å². The van der Waals surface area contributed by atoms with Crippen LogP contribution in [0.2, 0.25) is 0 Å². The molecule has 0 saturated heterocycles. The van der Waals surface area contributed by atoms with Crippen LogP contribution in [0.1, 0.15) is 16.7 Å². The van der Waals surface area contributed by atoms with Gasteiger partial charge in [0.1, 0.15) is 5.75 Å². The molecule has 1 N–H and O–H groups in total. The standard InChI is InChI=1S/C20H20N4O2S3/c1-14-6-8-15(9-7-14)12-27-19-23-24-20(29-19)28-13-18(25)22-21-11-16-4-3-5-17(10-16)26-2/h3-11H,12-13H2,1-2H3,(H,22,25)/b21-11+. The molecular formula is C20H20N4O2S3. The van der Waals surface area contributed by atoms with E-state index in [1.54, 1.807) is 25.1 Å². The second-order valence-electron chi connectivity index (χ2n) is 5.97. The third-order valence-corrected chi connectivity index (χ3v) is 6.96. The Morgan fingerprint density at radius 3 is 2.69 bits per heavy atom. The second-order valence-corrected chi connectivity index (χ2v) is 9.39. The number of hydrazone groups is 1. The van der Waals surface area contributed by atoms with Crippen molar-refractivity contribution < 1.29 is 9.53 Å². The predicted octanol–water partition coefficient (Wildman–Crippen LogP) is 4.39. The minimum Gasteiger partial charge on any atom is -0.497 e. The first kappa shape index (κ1) is 21.4. The van der Waals surface area contributed by atoms with Gasteiger partial charge in [-0.2, -0.15) is 5.10 Å². The molecule has 0 aliphatic heterocycles. The SMILES string of the molecule is COc1cccc(/C=N/NC(=O)CSc2nnc(SCc3ccc(C)cc3)s2)c1. The third kappa shape index (κ3) is 7.19. The van der Waals surface area contributed by atoms with E-state index in [9.17, 15) is 4.79 Å². The number of aryl methyl sites for hydroxylation is 1. The zero-order valence-corrected chi connectivity index (χ0v) is 18.4. The van der Waals surface area contributed by atoms with Crippen molar-refractivity contribution in [2.24, 2.45) is 5.10 Å². The maximum Gasteiger partial charge on any atom is 0.250 e. The molecule has 0 aliphatic carbocycles. The average molecular weight is 445 g/mol. The van der Waals surface area contributed by atoms with E-state index in [2.05, 4.69) is 51.9 Å². The molecule has 1 aromatic heterocycles. The smallest absolute Gasteiger partial charge is 0.250 e. The van der Waals surface area contributed by atoms with Gasteiger partial charge in [-0.25, -0.2) is 5.43 Å². The lowest BCUT2D eigenvalue weighted by Crippen LogP contribution is -2.19. The molecular weight excluding hydrogens is 424 g/mol. The number of ether oxygens (including phenoxy) is 1. The molecule has 0 saturated carbocycles. The van der Waals surface area contributed by atoms with Crippen LogP contribution in [0.4, 0.5) is 0 Å². The van der Waals surface area contributed by atoms with Gasteiger partial charge in [0.25, 0.3) is 5.91 Å². The summed E-state index contributed by atoms with van der Waals surface area (Å²) < 4.78 is 6.81. The van der Waals surface area contributed by atoms with Crippen molar-refractivity contribution >= 4 is 47.0 Å². The van der Waals surface area contributed by atoms with E-state index >= 15 is 0 Å². The number of carbonyl (C=O) groups is 1. The van der Waals surface area contributed by atoms with Gasteiger partial charge in [0, 0.05) is 5.75 Å². The number of benzene rings is 2. The van der Waals surface area contributed by atoms with Crippen LogP contribution in [-0.4, -0.2) is 35.2 Å². The van der Waals surface area contributed by atoms with Crippen LogP contribution >= 0.6 is 34.9 Å². The Hall–Kier alpha value is -2.36. The number of nitrogens with one attached hydrogen (secondary N) is 1. The Kier molecular flexibility index (Phi) is 8.09. The Morgan fingerprint density at radius 2 is 1.93 bits per heavy atom. The normalized spacial score (nSPS) is 11.0. The van der Waals surface area contributed by atoms with E-state index in [-0.39, 0.29) is 11.7 Å².